The molecule has 1 saturated carbocycles. The predicted molar refractivity (Wildman–Crippen MR) is 49.1 cm³/mol. The van der Waals surface area contributed by atoms with Crippen LogP contribution in [0.4, 0.5) is 0 Å². The Morgan fingerprint density at radius 3 is 2.42 bits per heavy atom. The standard InChI is InChI=1S/C10H16N2/c1-2-8(1)5-12-6-9-3-11-4-10(9)7-12/h8,11H,1-7H2. The van der Waals surface area contributed by atoms with E-state index in [1.807, 2.05) is 0 Å². The Kier molecular flexibility index (Phi) is 1.52. The van der Waals surface area contributed by atoms with Crippen molar-refractivity contribution in [3.63, 3.8) is 0 Å². The van der Waals surface area contributed by atoms with Gasteiger partial charge in [-0.3, -0.25) is 4.90 Å². The second-order valence-electron chi connectivity index (χ2n) is 4.42. The second-order valence-corrected chi connectivity index (χ2v) is 4.42. The van der Waals surface area contributed by atoms with Crippen molar-refractivity contribution in [2.75, 3.05) is 32.7 Å². The Hall–Kier alpha value is -0.340. The SMILES string of the molecule is C1NCC2=C1CN(CC1CC1)C2. The summed E-state index contributed by atoms with van der Waals surface area (Å²) in [6.45, 7) is 6.22. The van der Waals surface area contributed by atoms with Crippen molar-refractivity contribution in [3.05, 3.63) is 11.1 Å². The van der Waals surface area contributed by atoms with Gasteiger partial charge in [-0.15, -0.1) is 0 Å². The van der Waals surface area contributed by atoms with Crippen LogP contribution in [0.5, 0.6) is 0 Å². The van der Waals surface area contributed by atoms with Gasteiger partial charge in [0.25, 0.3) is 0 Å². The minimum Gasteiger partial charge on any atom is -0.309 e. The Bertz CT molecular complexity index is 212. The lowest BCUT2D eigenvalue weighted by atomic mass is 10.2. The molecular formula is C10H16N2. The summed E-state index contributed by atoms with van der Waals surface area (Å²) in [5.74, 6) is 1.05. The fraction of sp³-hybridized carbons (Fsp3) is 0.800. The number of nitrogens with one attached hydrogen (secondary N) is 1. The summed E-state index contributed by atoms with van der Waals surface area (Å²) in [6.07, 6.45) is 2.97. The van der Waals surface area contributed by atoms with Crippen LogP contribution in [0.15, 0.2) is 11.1 Å². The highest BCUT2D eigenvalue weighted by atomic mass is 15.2. The van der Waals surface area contributed by atoms with Gasteiger partial charge in [-0.1, -0.05) is 0 Å². The summed E-state index contributed by atoms with van der Waals surface area (Å²) in [6, 6.07) is 0. The van der Waals surface area contributed by atoms with E-state index >= 15 is 0 Å². The van der Waals surface area contributed by atoms with Crippen LogP contribution >= 0.6 is 0 Å². The molecule has 2 heterocycles. The van der Waals surface area contributed by atoms with Gasteiger partial charge in [-0.25, -0.2) is 0 Å². The number of nitrogens with zero attached hydrogens (tertiary/aromatic N) is 1. The van der Waals surface area contributed by atoms with E-state index in [4.69, 9.17) is 0 Å². The molecule has 1 N–H and O–H groups in total. The van der Waals surface area contributed by atoms with E-state index in [2.05, 4.69) is 10.2 Å². The molecule has 12 heavy (non-hydrogen) atoms. The van der Waals surface area contributed by atoms with Crippen molar-refractivity contribution in [2.45, 2.75) is 12.8 Å². The third-order valence-corrected chi connectivity index (χ3v) is 3.22. The minimum atomic E-state index is 1.05. The van der Waals surface area contributed by atoms with E-state index in [9.17, 15) is 0 Å². The van der Waals surface area contributed by atoms with Gasteiger partial charge in [-0.2, -0.15) is 0 Å². The van der Waals surface area contributed by atoms with Crippen molar-refractivity contribution >= 4 is 0 Å². The molecule has 0 aromatic heterocycles. The fourth-order valence-corrected chi connectivity index (χ4v) is 2.34. The first kappa shape index (κ1) is 7.10. The highest BCUT2D eigenvalue weighted by Crippen LogP contribution is 2.32. The summed E-state index contributed by atoms with van der Waals surface area (Å²) in [5.41, 5.74) is 3.38. The quantitative estimate of drug-likeness (QED) is 0.602. The molecule has 2 heteroatoms. The summed E-state index contributed by atoms with van der Waals surface area (Å²) in [5, 5.41) is 3.41. The van der Waals surface area contributed by atoms with Crippen LogP contribution in [-0.4, -0.2) is 37.6 Å². The van der Waals surface area contributed by atoms with Crippen LogP contribution in [0.2, 0.25) is 0 Å². The Morgan fingerprint density at radius 1 is 1.17 bits per heavy atom. The fourth-order valence-electron chi connectivity index (χ4n) is 2.34. The summed E-state index contributed by atoms with van der Waals surface area (Å²) in [4.78, 5) is 2.63. The molecule has 3 aliphatic rings. The zero-order valence-corrected chi connectivity index (χ0v) is 7.47. The Morgan fingerprint density at radius 2 is 1.83 bits per heavy atom. The van der Waals surface area contributed by atoms with Crippen molar-refractivity contribution in [3.8, 4) is 0 Å². The summed E-state index contributed by atoms with van der Waals surface area (Å²) < 4.78 is 0. The average Bonchev–Trinajstić information content (AvgIpc) is 2.56. The van der Waals surface area contributed by atoms with Gasteiger partial charge in [0.15, 0.2) is 0 Å². The first-order valence-corrected chi connectivity index (χ1v) is 5.04. The van der Waals surface area contributed by atoms with Gasteiger partial charge >= 0.3 is 0 Å². The third-order valence-electron chi connectivity index (χ3n) is 3.22. The summed E-state index contributed by atoms with van der Waals surface area (Å²) in [7, 11) is 0. The topological polar surface area (TPSA) is 15.3 Å². The molecule has 0 radical (unpaired) electrons. The van der Waals surface area contributed by atoms with E-state index in [0.717, 1.165) is 19.0 Å². The van der Waals surface area contributed by atoms with Gasteiger partial charge < -0.3 is 5.32 Å². The normalized spacial score (nSPS) is 30.0. The molecule has 3 rings (SSSR count). The van der Waals surface area contributed by atoms with Crippen molar-refractivity contribution < 1.29 is 0 Å². The van der Waals surface area contributed by atoms with Gasteiger partial charge in [0, 0.05) is 32.7 Å². The number of rotatable bonds is 2. The number of hydrogen-bond acceptors (Lipinski definition) is 2. The molecule has 66 valence electrons. The lowest BCUT2D eigenvalue weighted by molar-refractivity contribution is 0.324. The lowest BCUT2D eigenvalue weighted by Gasteiger charge is -2.16. The van der Waals surface area contributed by atoms with Crippen molar-refractivity contribution in [1.82, 2.24) is 10.2 Å². The Balaban J connectivity index is 1.59. The molecule has 0 bridgehead atoms. The highest BCUT2D eigenvalue weighted by Gasteiger charge is 2.30. The van der Waals surface area contributed by atoms with Crippen LogP contribution in [-0.2, 0) is 0 Å². The maximum absolute atomic E-state index is 3.41. The highest BCUT2D eigenvalue weighted by molar-refractivity contribution is 5.29. The Labute approximate surface area is 73.6 Å². The first-order valence-electron chi connectivity index (χ1n) is 5.04. The molecule has 0 amide bonds. The van der Waals surface area contributed by atoms with Crippen molar-refractivity contribution in [2.24, 2.45) is 5.92 Å². The zero-order chi connectivity index (χ0) is 7.97. The second kappa shape index (κ2) is 2.57. The van der Waals surface area contributed by atoms with E-state index in [1.54, 1.807) is 11.1 Å². The molecule has 1 aliphatic carbocycles. The summed E-state index contributed by atoms with van der Waals surface area (Å²) >= 11 is 0. The molecular weight excluding hydrogens is 148 g/mol. The molecule has 0 aromatic carbocycles. The zero-order valence-electron chi connectivity index (χ0n) is 7.47. The van der Waals surface area contributed by atoms with Gasteiger partial charge in [0.2, 0.25) is 0 Å². The van der Waals surface area contributed by atoms with E-state index < -0.39 is 0 Å². The van der Waals surface area contributed by atoms with Crippen LogP contribution < -0.4 is 5.32 Å². The third kappa shape index (κ3) is 1.19. The lowest BCUT2D eigenvalue weighted by Crippen LogP contribution is -2.28. The number of hydrogen-bond donors (Lipinski definition) is 1. The molecule has 0 unspecified atom stereocenters. The smallest absolute Gasteiger partial charge is 0.0212 e. The van der Waals surface area contributed by atoms with Gasteiger partial charge in [0.1, 0.15) is 0 Å². The molecule has 0 spiro atoms. The van der Waals surface area contributed by atoms with Crippen LogP contribution in [0, 0.1) is 5.92 Å². The van der Waals surface area contributed by atoms with Crippen LogP contribution in [0.3, 0.4) is 0 Å². The maximum atomic E-state index is 3.41. The molecule has 2 aliphatic heterocycles. The van der Waals surface area contributed by atoms with E-state index in [1.165, 1.54) is 32.5 Å². The monoisotopic (exact) mass is 164 g/mol. The van der Waals surface area contributed by atoms with E-state index in [-0.39, 0.29) is 0 Å². The van der Waals surface area contributed by atoms with Crippen LogP contribution in [0.25, 0.3) is 0 Å². The van der Waals surface area contributed by atoms with E-state index in [0.29, 0.717) is 0 Å². The first-order chi connectivity index (χ1) is 5.92. The van der Waals surface area contributed by atoms with Crippen molar-refractivity contribution in [1.29, 1.82) is 0 Å². The molecule has 1 fully saturated rings. The van der Waals surface area contributed by atoms with Gasteiger partial charge in [0.05, 0.1) is 0 Å². The molecule has 2 nitrogen and oxygen atoms in total. The molecule has 0 aromatic rings. The minimum absolute atomic E-state index is 1.05. The maximum Gasteiger partial charge on any atom is 0.0212 e. The molecule has 0 saturated heterocycles. The van der Waals surface area contributed by atoms with Crippen LogP contribution in [0.1, 0.15) is 12.8 Å². The predicted octanol–water partition coefficient (Wildman–Crippen LogP) is 0.612. The largest absolute Gasteiger partial charge is 0.309 e. The molecule has 0 atom stereocenters. The average molecular weight is 164 g/mol. The van der Waals surface area contributed by atoms with Gasteiger partial charge in [-0.05, 0) is 29.9 Å².